The summed E-state index contributed by atoms with van der Waals surface area (Å²) in [6.45, 7) is 5.21. The van der Waals surface area contributed by atoms with Crippen molar-refractivity contribution in [3.8, 4) is 0 Å². The van der Waals surface area contributed by atoms with Crippen molar-refractivity contribution >= 4 is 11.6 Å². The Hall–Kier alpha value is -1.58. The van der Waals surface area contributed by atoms with E-state index in [-0.39, 0.29) is 11.7 Å². The molecule has 0 spiro atoms. The van der Waals surface area contributed by atoms with Crippen LogP contribution in [0.25, 0.3) is 0 Å². The highest BCUT2D eigenvalue weighted by Gasteiger charge is 2.13. The van der Waals surface area contributed by atoms with Crippen molar-refractivity contribution in [3.63, 3.8) is 0 Å². The van der Waals surface area contributed by atoms with Crippen LogP contribution in [0.1, 0.15) is 37.0 Å². The molecule has 4 heteroatoms. The number of halogens is 1. The minimum Gasteiger partial charge on any atom is -0.382 e. The number of nitrogens with one attached hydrogen (secondary N) is 2. The maximum absolute atomic E-state index is 13.6. The summed E-state index contributed by atoms with van der Waals surface area (Å²) in [7, 11) is 0. The van der Waals surface area contributed by atoms with E-state index >= 15 is 0 Å². The van der Waals surface area contributed by atoms with E-state index in [1.54, 1.807) is 12.1 Å². The van der Waals surface area contributed by atoms with E-state index in [9.17, 15) is 9.18 Å². The van der Waals surface area contributed by atoms with Crippen molar-refractivity contribution in [1.82, 2.24) is 5.32 Å². The summed E-state index contributed by atoms with van der Waals surface area (Å²) >= 11 is 0. The zero-order chi connectivity index (χ0) is 12.7. The standard InChI is InChI=1S/C13H19FN2O/c1-3-8-15-12-10(6-5-7-11(12)14)13(17)16-9-4-2/h5-7,15H,3-4,8-9H2,1-2H3,(H,16,17). The number of hydrogen-bond donors (Lipinski definition) is 2. The van der Waals surface area contributed by atoms with Crippen molar-refractivity contribution in [2.24, 2.45) is 0 Å². The fourth-order valence-corrected chi connectivity index (χ4v) is 1.48. The first kappa shape index (κ1) is 13.5. The Morgan fingerprint density at radius 2 is 1.94 bits per heavy atom. The van der Waals surface area contributed by atoms with Crippen molar-refractivity contribution in [2.45, 2.75) is 26.7 Å². The first-order valence-corrected chi connectivity index (χ1v) is 6.01. The Balaban J connectivity index is 2.89. The largest absolute Gasteiger partial charge is 0.382 e. The smallest absolute Gasteiger partial charge is 0.253 e. The molecular formula is C13H19FN2O. The lowest BCUT2D eigenvalue weighted by Crippen LogP contribution is -2.25. The molecule has 0 fully saturated rings. The number of benzene rings is 1. The molecule has 0 radical (unpaired) electrons. The van der Waals surface area contributed by atoms with Gasteiger partial charge in [-0.1, -0.05) is 19.9 Å². The molecule has 2 N–H and O–H groups in total. The normalized spacial score (nSPS) is 10.1. The van der Waals surface area contributed by atoms with Gasteiger partial charge < -0.3 is 10.6 Å². The van der Waals surface area contributed by atoms with Crippen LogP contribution in [-0.4, -0.2) is 19.0 Å². The molecule has 0 unspecified atom stereocenters. The molecule has 1 rings (SSSR count). The molecule has 1 amide bonds. The summed E-state index contributed by atoms with van der Waals surface area (Å²) in [6.07, 6.45) is 1.74. The number of hydrogen-bond acceptors (Lipinski definition) is 2. The number of rotatable bonds is 6. The third-order valence-corrected chi connectivity index (χ3v) is 2.35. The lowest BCUT2D eigenvalue weighted by Gasteiger charge is -2.12. The average molecular weight is 238 g/mol. The van der Waals surface area contributed by atoms with Gasteiger partial charge in [0.15, 0.2) is 0 Å². The highest BCUT2D eigenvalue weighted by Crippen LogP contribution is 2.19. The van der Waals surface area contributed by atoms with Crippen LogP contribution in [0.4, 0.5) is 10.1 Å². The number of para-hydroxylation sites is 1. The minimum atomic E-state index is -0.386. The number of amides is 1. The monoisotopic (exact) mass is 238 g/mol. The molecule has 0 aliphatic rings. The van der Waals surface area contributed by atoms with Gasteiger partial charge >= 0.3 is 0 Å². The Morgan fingerprint density at radius 3 is 2.59 bits per heavy atom. The molecule has 0 heterocycles. The molecule has 0 saturated heterocycles. The summed E-state index contributed by atoms with van der Waals surface area (Å²) in [6, 6.07) is 4.54. The Kier molecular flexibility index (Phi) is 5.46. The molecule has 17 heavy (non-hydrogen) atoms. The Morgan fingerprint density at radius 1 is 1.24 bits per heavy atom. The fraction of sp³-hybridized carbons (Fsp3) is 0.462. The molecule has 0 aliphatic carbocycles. The number of carbonyl (C=O) groups excluding carboxylic acids is 1. The molecule has 94 valence electrons. The van der Waals surface area contributed by atoms with Gasteiger partial charge in [-0.15, -0.1) is 0 Å². The van der Waals surface area contributed by atoms with Crippen molar-refractivity contribution in [3.05, 3.63) is 29.6 Å². The molecule has 0 bridgehead atoms. The molecule has 0 aliphatic heterocycles. The van der Waals surface area contributed by atoms with E-state index in [1.165, 1.54) is 6.07 Å². The first-order chi connectivity index (χ1) is 8.20. The average Bonchev–Trinajstić information content (AvgIpc) is 2.34. The maximum atomic E-state index is 13.6. The van der Waals surface area contributed by atoms with Gasteiger partial charge in [0.25, 0.3) is 5.91 Å². The van der Waals surface area contributed by atoms with Crippen LogP contribution in [0.5, 0.6) is 0 Å². The fourth-order valence-electron chi connectivity index (χ4n) is 1.48. The molecular weight excluding hydrogens is 219 g/mol. The zero-order valence-corrected chi connectivity index (χ0v) is 10.3. The molecule has 3 nitrogen and oxygen atoms in total. The quantitative estimate of drug-likeness (QED) is 0.800. The summed E-state index contributed by atoms with van der Waals surface area (Å²) in [5, 5.41) is 5.70. The Bertz CT molecular complexity index is 380. The lowest BCUT2D eigenvalue weighted by atomic mass is 10.1. The summed E-state index contributed by atoms with van der Waals surface area (Å²) in [5.41, 5.74) is 0.662. The van der Waals surface area contributed by atoms with Crippen LogP contribution < -0.4 is 10.6 Å². The van der Waals surface area contributed by atoms with Gasteiger partial charge in [0, 0.05) is 13.1 Å². The second-order valence-electron chi connectivity index (χ2n) is 3.85. The van der Waals surface area contributed by atoms with Crippen LogP contribution >= 0.6 is 0 Å². The van der Waals surface area contributed by atoms with Gasteiger partial charge in [0.2, 0.25) is 0 Å². The maximum Gasteiger partial charge on any atom is 0.253 e. The third kappa shape index (κ3) is 3.73. The summed E-state index contributed by atoms with van der Waals surface area (Å²) in [4.78, 5) is 11.8. The van der Waals surface area contributed by atoms with E-state index in [4.69, 9.17) is 0 Å². The van der Waals surface area contributed by atoms with Gasteiger partial charge in [-0.25, -0.2) is 4.39 Å². The van der Waals surface area contributed by atoms with Crippen LogP contribution in [0.15, 0.2) is 18.2 Å². The van der Waals surface area contributed by atoms with Crippen molar-refractivity contribution in [1.29, 1.82) is 0 Å². The van der Waals surface area contributed by atoms with Gasteiger partial charge in [0.1, 0.15) is 5.82 Å². The first-order valence-electron chi connectivity index (χ1n) is 6.01. The third-order valence-electron chi connectivity index (χ3n) is 2.35. The van der Waals surface area contributed by atoms with Gasteiger partial charge in [-0.3, -0.25) is 4.79 Å². The van der Waals surface area contributed by atoms with Crippen LogP contribution in [-0.2, 0) is 0 Å². The van der Waals surface area contributed by atoms with Gasteiger partial charge in [0.05, 0.1) is 11.3 Å². The van der Waals surface area contributed by atoms with Gasteiger partial charge in [-0.2, -0.15) is 0 Å². The predicted molar refractivity (Wildman–Crippen MR) is 67.8 cm³/mol. The minimum absolute atomic E-state index is 0.232. The molecule has 1 aromatic carbocycles. The number of carbonyl (C=O) groups is 1. The van der Waals surface area contributed by atoms with E-state index in [1.807, 2.05) is 13.8 Å². The van der Waals surface area contributed by atoms with Crippen LogP contribution in [0.3, 0.4) is 0 Å². The van der Waals surface area contributed by atoms with E-state index in [0.717, 1.165) is 12.8 Å². The van der Waals surface area contributed by atoms with Crippen molar-refractivity contribution in [2.75, 3.05) is 18.4 Å². The SMILES string of the molecule is CCCNC(=O)c1cccc(F)c1NCCC. The molecule has 0 aromatic heterocycles. The second kappa shape index (κ2) is 6.89. The summed E-state index contributed by atoms with van der Waals surface area (Å²) in [5.74, 6) is -0.618. The van der Waals surface area contributed by atoms with Crippen LogP contribution in [0.2, 0.25) is 0 Å². The van der Waals surface area contributed by atoms with Crippen molar-refractivity contribution < 1.29 is 9.18 Å². The number of anilines is 1. The zero-order valence-electron chi connectivity index (χ0n) is 10.3. The van der Waals surface area contributed by atoms with E-state index in [0.29, 0.717) is 24.3 Å². The van der Waals surface area contributed by atoms with E-state index in [2.05, 4.69) is 10.6 Å². The molecule has 0 saturated carbocycles. The topological polar surface area (TPSA) is 41.1 Å². The molecule has 0 atom stereocenters. The molecule has 1 aromatic rings. The van der Waals surface area contributed by atoms with Gasteiger partial charge in [-0.05, 0) is 25.0 Å². The predicted octanol–water partition coefficient (Wildman–Crippen LogP) is 2.79. The highest BCUT2D eigenvalue weighted by molar-refractivity contribution is 5.99. The summed E-state index contributed by atoms with van der Waals surface area (Å²) < 4.78 is 13.6. The van der Waals surface area contributed by atoms with Crippen LogP contribution in [0, 0.1) is 5.82 Å². The van der Waals surface area contributed by atoms with E-state index < -0.39 is 0 Å². The highest BCUT2D eigenvalue weighted by atomic mass is 19.1. The second-order valence-corrected chi connectivity index (χ2v) is 3.85. The lowest BCUT2D eigenvalue weighted by molar-refractivity contribution is 0.0954. The Labute approximate surface area is 101 Å².